The van der Waals surface area contributed by atoms with Crippen molar-refractivity contribution in [2.75, 3.05) is 20.8 Å². The predicted molar refractivity (Wildman–Crippen MR) is 178 cm³/mol. The minimum atomic E-state index is -0.826. The van der Waals surface area contributed by atoms with E-state index in [-0.39, 0.29) is 30.2 Å². The number of hydrogen-bond donors (Lipinski definition) is 0. The van der Waals surface area contributed by atoms with Gasteiger partial charge in [-0.3, -0.25) is 9.36 Å². The topological polar surface area (TPSA) is 88.4 Å². The highest BCUT2D eigenvalue weighted by Crippen LogP contribution is 2.36. The van der Waals surface area contributed by atoms with Crippen molar-refractivity contribution in [3.63, 3.8) is 0 Å². The van der Waals surface area contributed by atoms with Gasteiger partial charge in [0.15, 0.2) is 16.3 Å². The summed E-state index contributed by atoms with van der Waals surface area (Å²) in [7, 11) is 3.11. The van der Waals surface area contributed by atoms with Crippen LogP contribution in [0.3, 0.4) is 0 Å². The molecular formula is C37H31FN2O6S. The molecule has 6 rings (SSSR count). The summed E-state index contributed by atoms with van der Waals surface area (Å²) in [6.07, 6.45) is 1.73. The van der Waals surface area contributed by atoms with Crippen LogP contribution in [0.15, 0.2) is 112 Å². The van der Waals surface area contributed by atoms with Gasteiger partial charge in [0.25, 0.3) is 5.56 Å². The van der Waals surface area contributed by atoms with Crippen LogP contribution in [0.2, 0.25) is 0 Å². The number of para-hydroxylation sites is 1. The number of nitrogens with zero attached hydrogens (tertiary/aromatic N) is 2. The van der Waals surface area contributed by atoms with Crippen LogP contribution in [0.4, 0.5) is 4.39 Å². The molecule has 4 aromatic carbocycles. The molecule has 10 heteroatoms. The molecule has 238 valence electrons. The van der Waals surface area contributed by atoms with E-state index in [1.807, 2.05) is 48.5 Å². The molecule has 1 atom stereocenters. The number of aromatic nitrogens is 1. The lowest BCUT2D eigenvalue weighted by Gasteiger charge is -2.26. The average molecular weight is 651 g/mol. The summed E-state index contributed by atoms with van der Waals surface area (Å²) in [5.41, 5.74) is 3.13. The van der Waals surface area contributed by atoms with E-state index in [1.54, 1.807) is 56.5 Å². The van der Waals surface area contributed by atoms with Crippen molar-refractivity contribution in [3.8, 4) is 17.2 Å². The van der Waals surface area contributed by atoms with E-state index in [0.717, 1.165) is 11.1 Å². The molecule has 0 bridgehead atoms. The second-order valence-electron chi connectivity index (χ2n) is 10.5. The normalized spacial score (nSPS) is 14.3. The Balaban J connectivity index is 1.54. The zero-order valence-corrected chi connectivity index (χ0v) is 26.8. The number of thiazole rings is 1. The van der Waals surface area contributed by atoms with Crippen molar-refractivity contribution < 1.29 is 28.1 Å². The van der Waals surface area contributed by atoms with E-state index in [9.17, 15) is 14.0 Å². The Hall–Kier alpha value is -5.48. The van der Waals surface area contributed by atoms with E-state index in [1.165, 1.54) is 35.1 Å². The Bertz CT molecular complexity index is 2120. The number of carbonyl (C=O) groups is 1. The molecule has 0 N–H and O–H groups in total. The van der Waals surface area contributed by atoms with Crippen LogP contribution >= 0.6 is 11.3 Å². The van der Waals surface area contributed by atoms with Crippen LogP contribution in [-0.4, -0.2) is 31.4 Å². The summed E-state index contributed by atoms with van der Waals surface area (Å²) in [5.74, 6) is 0.637. The molecule has 0 spiro atoms. The van der Waals surface area contributed by atoms with Crippen molar-refractivity contribution in [2.45, 2.75) is 19.6 Å². The van der Waals surface area contributed by atoms with E-state index in [4.69, 9.17) is 23.9 Å². The lowest BCUT2D eigenvalue weighted by Crippen LogP contribution is -2.40. The first-order valence-electron chi connectivity index (χ1n) is 14.9. The third-order valence-corrected chi connectivity index (χ3v) is 8.60. The van der Waals surface area contributed by atoms with Gasteiger partial charge in [0.1, 0.15) is 18.2 Å². The van der Waals surface area contributed by atoms with Crippen molar-refractivity contribution in [1.82, 2.24) is 4.57 Å². The van der Waals surface area contributed by atoms with Gasteiger partial charge in [-0.2, -0.15) is 0 Å². The molecule has 0 saturated carbocycles. The summed E-state index contributed by atoms with van der Waals surface area (Å²) in [4.78, 5) is 33.4. The summed E-state index contributed by atoms with van der Waals surface area (Å²) in [6, 6.07) is 27.2. The third kappa shape index (κ3) is 6.45. The fraction of sp³-hybridized carbons (Fsp3) is 0.162. The van der Waals surface area contributed by atoms with E-state index in [2.05, 4.69) is 0 Å². The Morgan fingerprint density at radius 2 is 1.68 bits per heavy atom. The number of esters is 1. The van der Waals surface area contributed by atoms with Gasteiger partial charge in [0.2, 0.25) is 0 Å². The molecule has 2 heterocycles. The Morgan fingerprint density at radius 3 is 2.36 bits per heavy atom. The Labute approximate surface area is 274 Å². The molecule has 8 nitrogen and oxygen atoms in total. The van der Waals surface area contributed by atoms with Crippen LogP contribution < -0.4 is 29.1 Å². The van der Waals surface area contributed by atoms with Gasteiger partial charge in [-0.05, 0) is 54.5 Å². The highest BCUT2D eigenvalue weighted by Gasteiger charge is 2.35. The number of fused-ring (bicyclic) bond motifs is 1. The van der Waals surface area contributed by atoms with Crippen molar-refractivity contribution in [1.29, 1.82) is 0 Å². The Kier molecular flexibility index (Phi) is 9.30. The first kappa shape index (κ1) is 31.5. The zero-order chi connectivity index (χ0) is 32.9. The quantitative estimate of drug-likeness (QED) is 0.181. The maximum absolute atomic E-state index is 14.3. The highest BCUT2D eigenvalue weighted by atomic mass is 32.1. The van der Waals surface area contributed by atoms with Gasteiger partial charge in [-0.15, -0.1) is 0 Å². The smallest absolute Gasteiger partial charge is 0.338 e. The van der Waals surface area contributed by atoms with Crippen LogP contribution in [0.25, 0.3) is 11.8 Å². The second-order valence-corrected chi connectivity index (χ2v) is 11.5. The minimum Gasteiger partial charge on any atom is -0.497 e. The molecule has 0 aliphatic carbocycles. The number of hydrogen-bond acceptors (Lipinski definition) is 8. The average Bonchev–Trinajstić information content (AvgIpc) is 3.41. The Morgan fingerprint density at radius 1 is 0.936 bits per heavy atom. The first-order valence-corrected chi connectivity index (χ1v) is 15.7. The molecule has 0 fully saturated rings. The van der Waals surface area contributed by atoms with Crippen LogP contribution in [0, 0.1) is 5.82 Å². The minimum absolute atomic E-state index is 0.153. The molecule has 5 aromatic rings. The third-order valence-electron chi connectivity index (χ3n) is 7.62. The molecule has 1 aliphatic heterocycles. The van der Waals surface area contributed by atoms with Gasteiger partial charge >= 0.3 is 5.97 Å². The van der Waals surface area contributed by atoms with Crippen LogP contribution in [0.5, 0.6) is 17.2 Å². The lowest BCUT2D eigenvalue weighted by atomic mass is 9.93. The van der Waals surface area contributed by atoms with Crippen LogP contribution in [0.1, 0.15) is 35.2 Å². The van der Waals surface area contributed by atoms with Crippen molar-refractivity contribution in [3.05, 3.63) is 150 Å². The molecule has 0 amide bonds. The first-order chi connectivity index (χ1) is 22.9. The number of carbonyl (C=O) groups excluding carboxylic acids is 1. The van der Waals surface area contributed by atoms with Gasteiger partial charge in [-0.25, -0.2) is 14.2 Å². The standard InChI is InChI=1S/C37H31FN2O6S/c1-4-45-36(42)31-32(24-9-6-5-7-10-24)39-37-40(33(31)25-15-19-28(43-2)20-16-25)35(41)30(47-37)21-26-11-8-12-29(44-3)34(26)46-22-23-13-17-27(38)18-14-23/h5-21,33H,4,22H2,1-3H3/b30-21-/t33-/m0/s1. The molecular weight excluding hydrogens is 619 g/mol. The molecule has 47 heavy (non-hydrogen) atoms. The maximum Gasteiger partial charge on any atom is 0.338 e. The zero-order valence-electron chi connectivity index (χ0n) is 25.9. The molecule has 0 radical (unpaired) electrons. The number of ether oxygens (including phenoxy) is 4. The van der Waals surface area contributed by atoms with Crippen molar-refractivity contribution >= 4 is 29.1 Å². The van der Waals surface area contributed by atoms with Crippen molar-refractivity contribution in [2.24, 2.45) is 4.99 Å². The SMILES string of the molecule is CCOC(=O)C1=C(c2ccccc2)N=c2s/c(=C\c3cccc(OC)c3OCc3ccc(F)cc3)c(=O)n2[C@H]1c1ccc(OC)cc1. The second kappa shape index (κ2) is 13.9. The molecule has 1 aliphatic rings. The predicted octanol–water partition coefficient (Wildman–Crippen LogP) is 5.67. The number of methoxy groups -OCH3 is 2. The lowest BCUT2D eigenvalue weighted by molar-refractivity contribution is -0.138. The fourth-order valence-electron chi connectivity index (χ4n) is 5.38. The van der Waals surface area contributed by atoms with E-state index >= 15 is 0 Å². The largest absolute Gasteiger partial charge is 0.497 e. The fourth-order valence-corrected chi connectivity index (χ4v) is 6.37. The number of rotatable bonds is 10. The highest BCUT2D eigenvalue weighted by molar-refractivity contribution is 7.07. The summed E-state index contributed by atoms with van der Waals surface area (Å²) in [6.45, 7) is 2.05. The molecule has 0 unspecified atom stereocenters. The molecule has 0 saturated heterocycles. The summed E-state index contributed by atoms with van der Waals surface area (Å²) < 4.78 is 38.1. The maximum atomic E-state index is 14.3. The summed E-state index contributed by atoms with van der Waals surface area (Å²) in [5, 5.41) is 0. The number of halogens is 1. The van der Waals surface area contributed by atoms with Gasteiger partial charge in [0, 0.05) is 11.1 Å². The summed E-state index contributed by atoms with van der Waals surface area (Å²) >= 11 is 1.21. The van der Waals surface area contributed by atoms with Crippen LogP contribution in [-0.2, 0) is 16.1 Å². The van der Waals surface area contributed by atoms with Gasteiger partial charge in [-0.1, -0.05) is 78.1 Å². The number of benzene rings is 4. The van der Waals surface area contributed by atoms with Gasteiger partial charge in [0.05, 0.1) is 42.7 Å². The molecule has 1 aromatic heterocycles. The van der Waals surface area contributed by atoms with E-state index < -0.39 is 12.0 Å². The van der Waals surface area contributed by atoms with E-state index in [0.29, 0.717) is 43.4 Å². The monoisotopic (exact) mass is 650 g/mol. The van der Waals surface area contributed by atoms with Gasteiger partial charge < -0.3 is 18.9 Å².